The second-order valence-electron chi connectivity index (χ2n) is 9.70. The van der Waals surface area contributed by atoms with Gasteiger partial charge in [-0.1, -0.05) is 31.1 Å². The van der Waals surface area contributed by atoms with Gasteiger partial charge in [0.25, 0.3) is 0 Å². The number of hydrogen-bond donors (Lipinski definition) is 1. The molecule has 0 spiro atoms. The van der Waals surface area contributed by atoms with Crippen LogP contribution in [0.1, 0.15) is 51.0 Å². The molecule has 1 aliphatic rings. The second-order valence-corrected chi connectivity index (χ2v) is 9.70. The molecular formula is C28H32N4O6. The zero-order valence-electron chi connectivity index (χ0n) is 22.1. The molecule has 0 saturated carbocycles. The SMILES string of the molecule is COC(=O)C1=C(NC(=O)C(C)(C)Cc2nc(-c3ccc(OCc4ccc(OC)cc4)cn3)no2)CCCC1. The standard InChI is InChI=1S/C28H32N4O6/c1-28(2,27(34)30-22-8-6-5-7-21(22)26(33)36-4)15-24-31-25(32-38-24)23-14-13-20(16-29-23)37-17-18-9-11-19(35-3)12-10-18/h9-14,16H,5-8,15,17H2,1-4H3,(H,30,34). The van der Waals surface area contributed by atoms with E-state index in [2.05, 4.69) is 20.4 Å². The molecule has 38 heavy (non-hydrogen) atoms. The molecule has 3 aromatic rings. The lowest BCUT2D eigenvalue weighted by atomic mass is 9.87. The van der Waals surface area contributed by atoms with Crippen LogP contribution in [0.5, 0.6) is 11.5 Å². The average molecular weight is 521 g/mol. The molecule has 10 nitrogen and oxygen atoms in total. The fourth-order valence-corrected chi connectivity index (χ4v) is 4.07. The third kappa shape index (κ3) is 6.56. The first-order chi connectivity index (χ1) is 18.3. The number of carbonyl (C=O) groups excluding carboxylic acids is 2. The van der Waals surface area contributed by atoms with Crippen LogP contribution >= 0.6 is 0 Å². The highest BCUT2D eigenvalue weighted by atomic mass is 16.5. The highest BCUT2D eigenvalue weighted by Gasteiger charge is 2.32. The summed E-state index contributed by atoms with van der Waals surface area (Å²) >= 11 is 0. The number of pyridine rings is 1. The summed E-state index contributed by atoms with van der Waals surface area (Å²) in [4.78, 5) is 34.0. The van der Waals surface area contributed by atoms with Gasteiger partial charge < -0.3 is 24.1 Å². The molecule has 10 heteroatoms. The summed E-state index contributed by atoms with van der Waals surface area (Å²) < 4.78 is 21.3. The van der Waals surface area contributed by atoms with E-state index in [1.54, 1.807) is 39.3 Å². The van der Waals surface area contributed by atoms with Crippen LogP contribution in [-0.4, -0.2) is 41.2 Å². The maximum Gasteiger partial charge on any atom is 0.335 e. The van der Waals surface area contributed by atoms with Crippen molar-refractivity contribution in [2.45, 2.75) is 52.6 Å². The van der Waals surface area contributed by atoms with Crippen LogP contribution in [0.15, 0.2) is 58.4 Å². The van der Waals surface area contributed by atoms with Crippen LogP contribution in [0.25, 0.3) is 11.5 Å². The van der Waals surface area contributed by atoms with E-state index in [1.807, 2.05) is 24.3 Å². The average Bonchev–Trinajstić information content (AvgIpc) is 3.40. The number of benzene rings is 1. The van der Waals surface area contributed by atoms with Crippen molar-refractivity contribution < 1.29 is 28.3 Å². The Morgan fingerprint density at radius 3 is 2.45 bits per heavy atom. The summed E-state index contributed by atoms with van der Waals surface area (Å²) in [6.45, 7) is 3.98. The monoisotopic (exact) mass is 520 g/mol. The molecule has 1 amide bonds. The topological polar surface area (TPSA) is 126 Å². The zero-order valence-corrected chi connectivity index (χ0v) is 22.1. The Kier molecular flexibility index (Phi) is 8.40. The number of carbonyl (C=O) groups is 2. The normalized spacial score (nSPS) is 13.7. The first-order valence-corrected chi connectivity index (χ1v) is 12.5. The molecule has 2 aromatic heterocycles. The Morgan fingerprint density at radius 1 is 1.03 bits per heavy atom. The Balaban J connectivity index is 1.36. The molecule has 0 fully saturated rings. The van der Waals surface area contributed by atoms with E-state index in [0.717, 1.165) is 24.2 Å². The third-order valence-corrected chi connectivity index (χ3v) is 6.37. The molecule has 1 N–H and O–H groups in total. The molecule has 1 aromatic carbocycles. The number of nitrogens with zero attached hydrogens (tertiary/aromatic N) is 3. The maximum absolute atomic E-state index is 13.1. The first-order valence-electron chi connectivity index (χ1n) is 12.5. The number of amides is 1. The predicted molar refractivity (Wildman–Crippen MR) is 138 cm³/mol. The van der Waals surface area contributed by atoms with Gasteiger partial charge >= 0.3 is 5.97 Å². The number of ether oxygens (including phenoxy) is 3. The Hall–Kier alpha value is -4.21. The fraction of sp³-hybridized carbons (Fsp3) is 0.393. The minimum Gasteiger partial charge on any atom is -0.497 e. The number of aromatic nitrogens is 3. The van der Waals surface area contributed by atoms with Crippen LogP contribution in [0.4, 0.5) is 0 Å². The van der Waals surface area contributed by atoms with E-state index in [-0.39, 0.29) is 12.3 Å². The molecule has 0 saturated heterocycles. The molecule has 200 valence electrons. The van der Waals surface area contributed by atoms with Crippen LogP contribution in [0, 0.1) is 5.41 Å². The van der Waals surface area contributed by atoms with E-state index in [0.29, 0.717) is 53.9 Å². The van der Waals surface area contributed by atoms with E-state index in [1.165, 1.54) is 7.11 Å². The number of esters is 1. The van der Waals surface area contributed by atoms with Crippen molar-refractivity contribution in [1.29, 1.82) is 0 Å². The Labute approximate surface area is 221 Å². The van der Waals surface area contributed by atoms with Crippen molar-refractivity contribution in [1.82, 2.24) is 20.4 Å². The lowest BCUT2D eigenvalue weighted by Crippen LogP contribution is -2.39. The molecule has 4 rings (SSSR count). The lowest BCUT2D eigenvalue weighted by molar-refractivity contribution is -0.136. The Morgan fingerprint density at radius 2 is 1.76 bits per heavy atom. The summed E-state index contributed by atoms with van der Waals surface area (Å²) in [6.07, 6.45) is 4.83. The first kappa shape index (κ1) is 26.8. The summed E-state index contributed by atoms with van der Waals surface area (Å²) in [5, 5.41) is 6.96. The quantitative estimate of drug-likeness (QED) is 0.387. The Bertz CT molecular complexity index is 1300. The number of methoxy groups -OCH3 is 2. The van der Waals surface area contributed by atoms with Crippen LogP contribution in [0.3, 0.4) is 0 Å². The highest BCUT2D eigenvalue weighted by molar-refractivity contribution is 5.91. The smallest absolute Gasteiger partial charge is 0.335 e. The highest BCUT2D eigenvalue weighted by Crippen LogP contribution is 2.28. The van der Waals surface area contributed by atoms with Crippen molar-refractivity contribution in [2.75, 3.05) is 14.2 Å². The minimum atomic E-state index is -0.859. The second kappa shape index (κ2) is 11.9. The van der Waals surface area contributed by atoms with Crippen LogP contribution < -0.4 is 14.8 Å². The summed E-state index contributed by atoms with van der Waals surface area (Å²) in [7, 11) is 2.97. The van der Waals surface area contributed by atoms with Gasteiger partial charge in [0, 0.05) is 12.1 Å². The van der Waals surface area contributed by atoms with Crippen LogP contribution in [-0.2, 0) is 27.4 Å². The molecule has 0 unspecified atom stereocenters. The number of rotatable bonds is 10. The van der Waals surface area contributed by atoms with Crippen molar-refractivity contribution in [3.05, 3.63) is 65.3 Å². The number of hydrogen-bond acceptors (Lipinski definition) is 9. The van der Waals surface area contributed by atoms with E-state index >= 15 is 0 Å². The van der Waals surface area contributed by atoms with Gasteiger partial charge in [0.2, 0.25) is 17.6 Å². The summed E-state index contributed by atoms with van der Waals surface area (Å²) in [5.41, 5.74) is 1.83. The fourth-order valence-electron chi connectivity index (χ4n) is 4.07. The largest absolute Gasteiger partial charge is 0.497 e. The number of allylic oxidation sites excluding steroid dienone is 1. The van der Waals surface area contributed by atoms with Gasteiger partial charge in [-0.25, -0.2) is 9.78 Å². The molecule has 0 bridgehead atoms. The van der Waals surface area contributed by atoms with Gasteiger partial charge in [0.1, 0.15) is 23.8 Å². The molecular weight excluding hydrogens is 488 g/mol. The van der Waals surface area contributed by atoms with Crippen LogP contribution in [0.2, 0.25) is 0 Å². The third-order valence-electron chi connectivity index (χ3n) is 6.37. The minimum absolute atomic E-state index is 0.218. The molecule has 1 aliphatic carbocycles. The van der Waals surface area contributed by atoms with Crippen molar-refractivity contribution >= 4 is 11.9 Å². The lowest BCUT2D eigenvalue weighted by Gasteiger charge is -2.25. The van der Waals surface area contributed by atoms with E-state index in [4.69, 9.17) is 18.7 Å². The number of nitrogens with one attached hydrogen (secondary N) is 1. The van der Waals surface area contributed by atoms with Gasteiger partial charge in [-0.05, 0) is 55.5 Å². The summed E-state index contributed by atoms with van der Waals surface area (Å²) in [5.74, 6) is 1.40. The van der Waals surface area contributed by atoms with Crippen molar-refractivity contribution in [2.24, 2.45) is 5.41 Å². The predicted octanol–water partition coefficient (Wildman–Crippen LogP) is 4.41. The molecule has 0 aliphatic heterocycles. The molecule has 0 radical (unpaired) electrons. The van der Waals surface area contributed by atoms with E-state index < -0.39 is 11.4 Å². The van der Waals surface area contributed by atoms with Gasteiger partial charge in [0.15, 0.2) is 0 Å². The van der Waals surface area contributed by atoms with Crippen molar-refractivity contribution in [3.63, 3.8) is 0 Å². The maximum atomic E-state index is 13.1. The molecule has 2 heterocycles. The van der Waals surface area contributed by atoms with Gasteiger partial charge in [-0.2, -0.15) is 4.98 Å². The van der Waals surface area contributed by atoms with Gasteiger partial charge in [0.05, 0.1) is 31.4 Å². The van der Waals surface area contributed by atoms with Gasteiger partial charge in [-0.3, -0.25) is 4.79 Å². The summed E-state index contributed by atoms with van der Waals surface area (Å²) in [6, 6.07) is 11.2. The van der Waals surface area contributed by atoms with Crippen molar-refractivity contribution in [3.8, 4) is 23.0 Å². The zero-order chi connectivity index (χ0) is 27.1. The van der Waals surface area contributed by atoms with Gasteiger partial charge in [-0.15, -0.1) is 0 Å². The van der Waals surface area contributed by atoms with E-state index in [9.17, 15) is 9.59 Å². The molecule has 0 atom stereocenters.